The van der Waals surface area contributed by atoms with Gasteiger partial charge in [0, 0.05) is 40.0 Å². The zero-order valence-electron chi connectivity index (χ0n) is 14.1. The third-order valence-corrected chi connectivity index (χ3v) is 6.12. The van der Waals surface area contributed by atoms with Gasteiger partial charge in [0.2, 0.25) is 0 Å². The van der Waals surface area contributed by atoms with Crippen LogP contribution in [0.2, 0.25) is 0 Å². The lowest BCUT2D eigenvalue weighted by molar-refractivity contribution is 0.731. The number of halogens is 1. The van der Waals surface area contributed by atoms with Crippen molar-refractivity contribution in [1.29, 1.82) is 0 Å². The molecular weight excluding hydrogens is 446 g/mol. The van der Waals surface area contributed by atoms with Crippen molar-refractivity contribution in [3.05, 3.63) is 75.1 Å². The van der Waals surface area contributed by atoms with Crippen molar-refractivity contribution in [2.45, 2.75) is 17.5 Å². The molecule has 0 bridgehead atoms. The molecule has 0 spiro atoms. The first kappa shape index (κ1) is 18.1. The number of rotatable bonds is 6. The Hall–Kier alpha value is -2.23. The normalized spacial score (nSPS) is 11.1. The molecule has 136 valence electrons. The van der Waals surface area contributed by atoms with E-state index >= 15 is 0 Å². The topological polar surface area (TPSA) is 65.1 Å². The SMILES string of the molecule is C=CCn1c(SCc2cc(=O)n3ccsc3n2)nnc1-c1ccc(Br)cc1. The van der Waals surface area contributed by atoms with Gasteiger partial charge < -0.3 is 0 Å². The summed E-state index contributed by atoms with van der Waals surface area (Å²) >= 11 is 6.40. The molecule has 0 saturated heterocycles. The van der Waals surface area contributed by atoms with Crippen LogP contribution in [0.1, 0.15) is 5.69 Å². The summed E-state index contributed by atoms with van der Waals surface area (Å²) in [6, 6.07) is 9.51. The number of nitrogens with zero attached hydrogens (tertiary/aromatic N) is 5. The van der Waals surface area contributed by atoms with E-state index in [4.69, 9.17) is 0 Å². The lowest BCUT2D eigenvalue weighted by Crippen LogP contribution is -2.12. The summed E-state index contributed by atoms with van der Waals surface area (Å²) in [7, 11) is 0. The molecule has 0 N–H and O–H groups in total. The van der Waals surface area contributed by atoms with Crippen LogP contribution in [0.25, 0.3) is 16.3 Å². The van der Waals surface area contributed by atoms with Gasteiger partial charge in [-0.05, 0) is 12.1 Å². The summed E-state index contributed by atoms with van der Waals surface area (Å²) in [6.45, 7) is 4.43. The van der Waals surface area contributed by atoms with Crippen molar-refractivity contribution >= 4 is 44.0 Å². The fourth-order valence-electron chi connectivity index (χ4n) is 2.60. The summed E-state index contributed by atoms with van der Waals surface area (Å²) in [6.07, 6.45) is 3.55. The first-order valence-electron chi connectivity index (χ1n) is 8.04. The molecule has 9 heteroatoms. The van der Waals surface area contributed by atoms with Gasteiger partial charge in [0.25, 0.3) is 5.56 Å². The Kier molecular flexibility index (Phi) is 5.24. The minimum atomic E-state index is -0.0695. The van der Waals surface area contributed by atoms with Crippen LogP contribution < -0.4 is 5.56 Å². The smallest absolute Gasteiger partial charge is 0.258 e. The Balaban J connectivity index is 1.62. The van der Waals surface area contributed by atoms with E-state index in [1.54, 1.807) is 16.7 Å². The van der Waals surface area contributed by atoms with E-state index < -0.39 is 0 Å². The van der Waals surface area contributed by atoms with Crippen LogP contribution in [-0.4, -0.2) is 24.1 Å². The Morgan fingerprint density at radius 1 is 1.26 bits per heavy atom. The Morgan fingerprint density at radius 3 is 2.85 bits per heavy atom. The average Bonchev–Trinajstić information content (AvgIpc) is 3.29. The molecule has 3 heterocycles. The summed E-state index contributed by atoms with van der Waals surface area (Å²) in [5.41, 5.74) is 1.64. The van der Waals surface area contributed by atoms with E-state index in [-0.39, 0.29) is 5.56 Å². The molecule has 0 radical (unpaired) electrons. The summed E-state index contributed by atoms with van der Waals surface area (Å²) in [4.78, 5) is 17.4. The fourth-order valence-corrected chi connectivity index (χ4v) is 4.45. The van der Waals surface area contributed by atoms with Crippen LogP contribution in [0.5, 0.6) is 0 Å². The highest BCUT2D eigenvalue weighted by Gasteiger charge is 2.14. The van der Waals surface area contributed by atoms with E-state index in [1.807, 2.05) is 40.3 Å². The minimum Gasteiger partial charge on any atom is -0.298 e. The van der Waals surface area contributed by atoms with Gasteiger partial charge in [-0.15, -0.1) is 28.1 Å². The third-order valence-electron chi connectivity index (χ3n) is 3.84. The average molecular weight is 460 g/mol. The molecule has 27 heavy (non-hydrogen) atoms. The fraction of sp³-hybridized carbons (Fsp3) is 0.111. The number of fused-ring (bicyclic) bond motifs is 1. The Bertz CT molecular complexity index is 1160. The van der Waals surface area contributed by atoms with Crippen LogP contribution >= 0.6 is 39.0 Å². The van der Waals surface area contributed by atoms with E-state index in [1.165, 1.54) is 23.1 Å². The molecule has 0 atom stereocenters. The lowest BCUT2D eigenvalue weighted by Gasteiger charge is -2.08. The number of allylic oxidation sites excluding steroid dienone is 1. The summed E-state index contributed by atoms with van der Waals surface area (Å²) in [5, 5.41) is 11.3. The molecular formula is C18H14BrN5OS2. The van der Waals surface area contributed by atoms with Gasteiger partial charge in [-0.2, -0.15) is 0 Å². The molecule has 6 nitrogen and oxygen atoms in total. The molecule has 0 amide bonds. The van der Waals surface area contributed by atoms with Gasteiger partial charge in [-0.3, -0.25) is 13.8 Å². The van der Waals surface area contributed by atoms with Crippen molar-refractivity contribution < 1.29 is 0 Å². The quantitative estimate of drug-likeness (QED) is 0.318. The van der Waals surface area contributed by atoms with Gasteiger partial charge in [-0.25, -0.2) is 4.98 Å². The molecule has 4 rings (SSSR count). The summed E-state index contributed by atoms with van der Waals surface area (Å²) in [5.74, 6) is 1.32. The van der Waals surface area contributed by atoms with Crippen molar-refractivity contribution in [3.8, 4) is 11.4 Å². The number of aromatic nitrogens is 5. The van der Waals surface area contributed by atoms with Crippen LogP contribution in [0.3, 0.4) is 0 Å². The molecule has 3 aromatic heterocycles. The summed E-state index contributed by atoms with van der Waals surface area (Å²) < 4.78 is 4.57. The maximum absolute atomic E-state index is 12.1. The second-order valence-electron chi connectivity index (χ2n) is 5.64. The van der Waals surface area contributed by atoms with Crippen LogP contribution in [0.4, 0.5) is 0 Å². The molecule has 0 aliphatic rings. The molecule has 0 unspecified atom stereocenters. The monoisotopic (exact) mass is 459 g/mol. The van der Waals surface area contributed by atoms with Crippen LogP contribution in [-0.2, 0) is 12.3 Å². The standard InChI is InChI=1S/C18H14BrN5OS2/c1-2-7-24-16(12-3-5-13(19)6-4-12)21-22-18(24)27-11-14-10-15(25)23-8-9-26-17(23)20-14/h2-6,8-10H,1,7,11H2. The molecule has 1 aromatic carbocycles. The van der Waals surface area contributed by atoms with Crippen molar-refractivity contribution in [2.75, 3.05) is 0 Å². The van der Waals surface area contributed by atoms with Gasteiger partial charge in [0.05, 0.1) is 5.69 Å². The maximum Gasteiger partial charge on any atom is 0.258 e. The zero-order valence-corrected chi connectivity index (χ0v) is 17.3. The van der Waals surface area contributed by atoms with E-state index in [0.29, 0.717) is 17.3 Å². The highest BCUT2D eigenvalue weighted by atomic mass is 79.9. The second kappa shape index (κ2) is 7.79. The number of hydrogen-bond acceptors (Lipinski definition) is 6. The predicted octanol–water partition coefficient (Wildman–Crippen LogP) is 4.26. The number of hydrogen-bond donors (Lipinski definition) is 0. The van der Waals surface area contributed by atoms with Gasteiger partial charge >= 0.3 is 0 Å². The van der Waals surface area contributed by atoms with Crippen LogP contribution in [0.15, 0.2) is 69.0 Å². The maximum atomic E-state index is 12.1. The van der Waals surface area contributed by atoms with Gasteiger partial charge in [0.1, 0.15) is 0 Å². The molecule has 4 aromatic rings. The highest BCUT2D eigenvalue weighted by molar-refractivity contribution is 9.10. The first-order chi connectivity index (χ1) is 13.2. The number of benzene rings is 1. The van der Waals surface area contributed by atoms with Crippen molar-refractivity contribution in [2.24, 2.45) is 0 Å². The molecule has 0 saturated carbocycles. The van der Waals surface area contributed by atoms with E-state index in [2.05, 4.69) is 37.7 Å². The zero-order chi connectivity index (χ0) is 18.8. The number of thioether (sulfide) groups is 1. The third kappa shape index (κ3) is 3.76. The van der Waals surface area contributed by atoms with Gasteiger partial charge in [-0.1, -0.05) is 45.9 Å². The largest absolute Gasteiger partial charge is 0.298 e. The molecule has 0 fully saturated rings. The van der Waals surface area contributed by atoms with Crippen LogP contribution in [0, 0.1) is 0 Å². The predicted molar refractivity (Wildman–Crippen MR) is 112 cm³/mol. The first-order valence-corrected chi connectivity index (χ1v) is 10.7. The number of thiazole rings is 1. The van der Waals surface area contributed by atoms with Gasteiger partial charge in [0.15, 0.2) is 15.9 Å². The molecule has 0 aliphatic carbocycles. The van der Waals surface area contributed by atoms with Crippen molar-refractivity contribution in [3.63, 3.8) is 0 Å². The van der Waals surface area contributed by atoms with E-state index in [9.17, 15) is 4.79 Å². The highest BCUT2D eigenvalue weighted by Crippen LogP contribution is 2.27. The Labute approximate surface area is 171 Å². The van der Waals surface area contributed by atoms with Crippen molar-refractivity contribution in [1.82, 2.24) is 24.1 Å². The lowest BCUT2D eigenvalue weighted by atomic mass is 10.2. The Morgan fingerprint density at radius 2 is 2.07 bits per heavy atom. The van der Waals surface area contributed by atoms with E-state index in [0.717, 1.165) is 26.7 Å². The molecule has 0 aliphatic heterocycles. The minimum absolute atomic E-state index is 0.0695. The second-order valence-corrected chi connectivity index (χ2v) is 8.37.